The van der Waals surface area contributed by atoms with Gasteiger partial charge in [-0.25, -0.2) is 4.98 Å². The van der Waals surface area contributed by atoms with Crippen molar-refractivity contribution in [2.75, 3.05) is 63.3 Å². The summed E-state index contributed by atoms with van der Waals surface area (Å²) in [6.45, 7) is 5.06. The number of carbonyl (C=O) groups excluding carboxylic acids is 2. The van der Waals surface area contributed by atoms with Gasteiger partial charge in [-0.1, -0.05) is 18.2 Å². The number of esters is 1. The summed E-state index contributed by atoms with van der Waals surface area (Å²) in [5, 5.41) is 0. The highest BCUT2D eigenvalue weighted by molar-refractivity contribution is 5.94. The number of amides is 1. The van der Waals surface area contributed by atoms with E-state index in [1.54, 1.807) is 13.3 Å². The lowest BCUT2D eigenvalue weighted by atomic mass is 9.81. The molecule has 1 saturated carbocycles. The molecule has 0 radical (unpaired) electrons. The van der Waals surface area contributed by atoms with Gasteiger partial charge >= 0.3 is 5.97 Å². The van der Waals surface area contributed by atoms with Crippen LogP contribution in [0.4, 0.5) is 11.5 Å². The molecule has 0 bridgehead atoms. The molecule has 1 aliphatic heterocycles. The summed E-state index contributed by atoms with van der Waals surface area (Å²) < 4.78 is 10.4. The standard InChI is InChI=1S/C27H36N4O4/c1-34-24-8-4-3-7-23(24)30-18-15-29(16-19-30)17-20-31(25-9-5-6-14-28-25)26(32)21-10-12-22(13-11-21)27(33)35-2/h3-9,14,21-22H,10-13,15-20H2,1-2H3/t21-,22-. The van der Waals surface area contributed by atoms with Gasteiger partial charge in [0.2, 0.25) is 5.91 Å². The van der Waals surface area contributed by atoms with Gasteiger partial charge in [-0.05, 0) is 49.9 Å². The third-order valence-electron chi connectivity index (χ3n) is 7.24. The van der Waals surface area contributed by atoms with Crippen LogP contribution in [0.2, 0.25) is 0 Å². The SMILES string of the molecule is COc1ccccc1N1CCN(CCN(c2ccccn2)C(=O)[C@H]2CC[C@H](C(=O)OC)CC2)CC1. The lowest BCUT2D eigenvalue weighted by Crippen LogP contribution is -2.50. The molecular weight excluding hydrogens is 444 g/mol. The predicted molar refractivity (Wildman–Crippen MR) is 136 cm³/mol. The Hall–Kier alpha value is -3.13. The number of hydrogen-bond acceptors (Lipinski definition) is 7. The molecule has 8 heteroatoms. The first-order valence-electron chi connectivity index (χ1n) is 12.5. The van der Waals surface area contributed by atoms with Crippen LogP contribution < -0.4 is 14.5 Å². The second kappa shape index (κ2) is 12.0. The van der Waals surface area contributed by atoms with Crippen LogP contribution >= 0.6 is 0 Å². The molecule has 188 valence electrons. The van der Waals surface area contributed by atoms with Crippen molar-refractivity contribution in [1.29, 1.82) is 0 Å². The topological polar surface area (TPSA) is 75.2 Å². The maximum atomic E-state index is 13.6. The minimum atomic E-state index is -0.162. The van der Waals surface area contributed by atoms with Crippen molar-refractivity contribution in [2.45, 2.75) is 25.7 Å². The number of piperazine rings is 1. The first kappa shape index (κ1) is 25.0. The molecule has 2 aliphatic rings. The van der Waals surface area contributed by atoms with E-state index in [2.05, 4.69) is 20.9 Å². The van der Waals surface area contributed by atoms with Gasteiger partial charge in [0.05, 0.1) is 25.8 Å². The molecule has 0 atom stereocenters. The number of methoxy groups -OCH3 is 2. The molecule has 2 fully saturated rings. The molecule has 1 aromatic carbocycles. The molecule has 8 nitrogen and oxygen atoms in total. The van der Waals surface area contributed by atoms with Gasteiger partial charge in [0.15, 0.2) is 0 Å². The number of aromatic nitrogens is 1. The van der Waals surface area contributed by atoms with Gasteiger partial charge in [0.1, 0.15) is 11.6 Å². The zero-order valence-corrected chi connectivity index (χ0v) is 20.8. The van der Waals surface area contributed by atoms with Crippen LogP contribution in [0.15, 0.2) is 48.7 Å². The molecule has 2 heterocycles. The van der Waals surface area contributed by atoms with Crippen molar-refractivity contribution in [3.63, 3.8) is 0 Å². The fraction of sp³-hybridized carbons (Fsp3) is 0.519. The van der Waals surface area contributed by atoms with Gasteiger partial charge in [-0.15, -0.1) is 0 Å². The minimum absolute atomic E-state index is 0.0831. The highest BCUT2D eigenvalue weighted by Crippen LogP contribution is 2.32. The molecular formula is C27H36N4O4. The molecule has 1 aliphatic carbocycles. The maximum Gasteiger partial charge on any atom is 0.308 e. The predicted octanol–water partition coefficient (Wildman–Crippen LogP) is 3.22. The number of benzene rings is 1. The molecule has 4 rings (SSSR count). The summed E-state index contributed by atoms with van der Waals surface area (Å²) >= 11 is 0. The van der Waals surface area contributed by atoms with Crippen LogP contribution in [-0.4, -0.2) is 75.2 Å². The summed E-state index contributed by atoms with van der Waals surface area (Å²) in [4.78, 5) is 36.5. The van der Waals surface area contributed by atoms with Crippen molar-refractivity contribution >= 4 is 23.4 Å². The smallest absolute Gasteiger partial charge is 0.308 e. The molecule has 0 N–H and O–H groups in total. The van der Waals surface area contributed by atoms with Crippen molar-refractivity contribution in [3.05, 3.63) is 48.7 Å². The highest BCUT2D eigenvalue weighted by Gasteiger charge is 2.33. The second-order valence-corrected chi connectivity index (χ2v) is 9.25. The van der Waals surface area contributed by atoms with Gasteiger partial charge in [0, 0.05) is 51.4 Å². The Bertz CT molecular complexity index is 970. The number of nitrogens with zero attached hydrogens (tertiary/aromatic N) is 4. The average molecular weight is 481 g/mol. The maximum absolute atomic E-state index is 13.6. The lowest BCUT2D eigenvalue weighted by Gasteiger charge is -2.38. The van der Waals surface area contributed by atoms with Gasteiger partial charge < -0.3 is 14.4 Å². The van der Waals surface area contributed by atoms with Crippen LogP contribution in [0.5, 0.6) is 5.75 Å². The minimum Gasteiger partial charge on any atom is -0.495 e. The lowest BCUT2D eigenvalue weighted by molar-refractivity contribution is -0.147. The number of ether oxygens (including phenoxy) is 2. The normalized spacial score (nSPS) is 20.8. The van der Waals surface area contributed by atoms with E-state index in [-0.39, 0.29) is 23.7 Å². The molecule has 35 heavy (non-hydrogen) atoms. The largest absolute Gasteiger partial charge is 0.495 e. The second-order valence-electron chi connectivity index (χ2n) is 9.25. The molecule has 0 spiro atoms. The van der Waals surface area contributed by atoms with Crippen molar-refractivity contribution < 1.29 is 19.1 Å². The summed E-state index contributed by atoms with van der Waals surface area (Å²) in [7, 11) is 3.14. The van der Waals surface area contributed by atoms with Crippen molar-refractivity contribution in [2.24, 2.45) is 11.8 Å². The summed E-state index contributed by atoms with van der Waals surface area (Å²) in [5.41, 5.74) is 1.13. The Balaban J connectivity index is 1.35. The zero-order chi connectivity index (χ0) is 24.6. The van der Waals surface area contributed by atoms with E-state index >= 15 is 0 Å². The molecule has 2 aromatic rings. The average Bonchev–Trinajstić information content (AvgIpc) is 2.93. The number of para-hydroxylation sites is 2. The van der Waals surface area contributed by atoms with Crippen LogP contribution in [0, 0.1) is 11.8 Å². The van der Waals surface area contributed by atoms with Crippen LogP contribution in [-0.2, 0) is 14.3 Å². The van der Waals surface area contributed by atoms with Gasteiger partial charge in [-0.3, -0.25) is 19.4 Å². The van der Waals surface area contributed by atoms with E-state index in [1.807, 2.05) is 41.3 Å². The summed E-state index contributed by atoms with van der Waals surface area (Å²) in [6.07, 6.45) is 4.54. The Morgan fingerprint density at radius 1 is 0.943 bits per heavy atom. The van der Waals surface area contributed by atoms with E-state index in [4.69, 9.17) is 9.47 Å². The Morgan fingerprint density at radius 3 is 2.29 bits per heavy atom. The first-order valence-corrected chi connectivity index (χ1v) is 12.5. The molecule has 0 unspecified atom stereocenters. The van der Waals surface area contributed by atoms with E-state index in [0.717, 1.165) is 44.2 Å². The fourth-order valence-corrected chi connectivity index (χ4v) is 5.16. The van der Waals surface area contributed by atoms with Gasteiger partial charge in [0.25, 0.3) is 0 Å². The van der Waals surface area contributed by atoms with Crippen molar-refractivity contribution in [3.8, 4) is 5.75 Å². The Labute approximate surface area is 207 Å². The van der Waals surface area contributed by atoms with E-state index in [1.165, 1.54) is 7.11 Å². The molecule has 1 saturated heterocycles. The monoisotopic (exact) mass is 480 g/mol. The summed E-state index contributed by atoms with van der Waals surface area (Å²) in [6, 6.07) is 13.8. The molecule has 1 amide bonds. The summed E-state index contributed by atoms with van der Waals surface area (Å²) in [5.74, 6) is 1.37. The number of anilines is 2. The number of rotatable bonds is 8. The fourth-order valence-electron chi connectivity index (χ4n) is 5.16. The van der Waals surface area contributed by atoms with Crippen molar-refractivity contribution in [1.82, 2.24) is 9.88 Å². The Kier molecular flexibility index (Phi) is 8.58. The van der Waals surface area contributed by atoms with Gasteiger partial charge in [-0.2, -0.15) is 0 Å². The number of pyridine rings is 1. The quantitative estimate of drug-likeness (QED) is 0.537. The van der Waals surface area contributed by atoms with Crippen LogP contribution in [0.3, 0.4) is 0 Å². The van der Waals surface area contributed by atoms with E-state index < -0.39 is 0 Å². The number of hydrogen-bond donors (Lipinski definition) is 0. The van der Waals surface area contributed by atoms with Crippen LogP contribution in [0.25, 0.3) is 0 Å². The number of carbonyl (C=O) groups is 2. The Morgan fingerprint density at radius 2 is 1.63 bits per heavy atom. The molecule has 1 aromatic heterocycles. The first-order chi connectivity index (χ1) is 17.1. The zero-order valence-electron chi connectivity index (χ0n) is 20.8. The van der Waals surface area contributed by atoms with Crippen LogP contribution in [0.1, 0.15) is 25.7 Å². The van der Waals surface area contributed by atoms with E-state index in [0.29, 0.717) is 38.0 Å². The van der Waals surface area contributed by atoms with E-state index in [9.17, 15) is 9.59 Å². The third kappa shape index (κ3) is 6.11. The third-order valence-corrected chi connectivity index (χ3v) is 7.24. The highest BCUT2D eigenvalue weighted by atomic mass is 16.5.